The third-order valence-corrected chi connectivity index (χ3v) is 18.3. The summed E-state index contributed by atoms with van der Waals surface area (Å²) in [7, 11) is 0. The molecule has 30 heteroatoms. The monoisotopic (exact) mass is 1710 g/mol. The smallest absolute Gasteiger partial charge is 0.410 e. The molecule has 0 aliphatic carbocycles. The van der Waals surface area contributed by atoms with E-state index in [9.17, 15) is 38.4 Å². The molecule has 3 saturated heterocycles. The number of ether oxygens (including phenoxy) is 2. The van der Waals surface area contributed by atoms with Crippen LogP contribution < -0.4 is 20.4 Å². The number of aromatic nitrogens is 3. The van der Waals surface area contributed by atoms with Crippen LogP contribution in [-0.4, -0.2) is 174 Å². The Morgan fingerprint density at radius 2 is 0.897 bits per heavy atom. The molecule has 9 heterocycles. The van der Waals surface area contributed by atoms with Crippen molar-refractivity contribution in [2.45, 2.75) is 168 Å². The summed E-state index contributed by atoms with van der Waals surface area (Å²) in [6.07, 6.45) is 9.31. The van der Waals surface area contributed by atoms with Crippen LogP contribution in [0.25, 0.3) is 0 Å². The van der Waals surface area contributed by atoms with Gasteiger partial charge in [0.25, 0.3) is 17.1 Å². The van der Waals surface area contributed by atoms with Crippen molar-refractivity contribution in [3.8, 4) is 0 Å². The number of pyridine rings is 3. The molecule has 0 bridgehead atoms. The van der Waals surface area contributed by atoms with E-state index in [4.69, 9.17) is 70.4 Å². The molecule has 107 heavy (non-hydrogen) atoms. The van der Waals surface area contributed by atoms with Gasteiger partial charge in [0.05, 0.1) is 27.2 Å². The number of oxime groups is 3. The van der Waals surface area contributed by atoms with Crippen LogP contribution in [0.2, 0.25) is 15.1 Å². The summed E-state index contributed by atoms with van der Waals surface area (Å²) in [5.74, 6) is 0.339. The minimum Gasteiger partial charge on any atom is -0.444 e. The summed E-state index contributed by atoms with van der Waals surface area (Å²) in [5, 5.41) is 19.1. The van der Waals surface area contributed by atoms with Gasteiger partial charge in [0.1, 0.15) is 17.0 Å². The van der Waals surface area contributed by atoms with Crippen LogP contribution in [0.4, 0.5) is 27.0 Å². The number of hydrogen-bond acceptors (Lipinski definition) is 21. The molecule has 3 aromatic carbocycles. The maximum Gasteiger partial charge on any atom is 0.410 e. The van der Waals surface area contributed by atoms with Crippen molar-refractivity contribution in [3.05, 3.63) is 184 Å². The average molecular weight is 1720 g/mol. The number of carbonyl (C=O) groups is 8. The van der Waals surface area contributed by atoms with Crippen LogP contribution in [-0.2, 0) is 59.4 Å². The first-order chi connectivity index (χ1) is 49.5. The normalized spacial score (nSPS) is 18.9. The van der Waals surface area contributed by atoms with Gasteiger partial charge < -0.3 is 51.8 Å². The number of Topliss-reactive ketones (excluding diaryl/α,β-unsaturated/α-hetero) is 3. The molecular weight excluding hydrogens is 1630 g/mol. The van der Waals surface area contributed by atoms with E-state index in [1.54, 1.807) is 189 Å². The quantitative estimate of drug-likeness (QED) is 0.0850. The maximum atomic E-state index is 13.9. The van der Waals surface area contributed by atoms with Gasteiger partial charge in [0.2, 0.25) is 17.3 Å². The fraction of sp³-hybridized carbons (Fsp3) is 0.416. The molecule has 2 N–H and O–H groups in total. The Labute approximate surface area is 658 Å². The molecule has 25 nitrogen and oxygen atoms in total. The molecule has 0 unspecified atom stereocenters. The Morgan fingerprint density at radius 1 is 0.523 bits per heavy atom. The van der Waals surface area contributed by atoms with Gasteiger partial charge in [0.15, 0.2) is 45.6 Å². The fourth-order valence-electron chi connectivity index (χ4n) is 11.7. The van der Waals surface area contributed by atoms with E-state index in [2.05, 4.69) is 41.1 Å². The van der Waals surface area contributed by atoms with Gasteiger partial charge in [0, 0.05) is 112 Å². The van der Waals surface area contributed by atoms with Gasteiger partial charge in [-0.15, -0.1) is 0 Å². The van der Waals surface area contributed by atoms with Crippen LogP contribution in [0.1, 0.15) is 169 Å². The van der Waals surface area contributed by atoms with Crippen molar-refractivity contribution in [2.75, 3.05) is 54.4 Å². The van der Waals surface area contributed by atoms with Gasteiger partial charge >= 0.3 is 12.2 Å². The summed E-state index contributed by atoms with van der Waals surface area (Å²) in [4.78, 5) is 135. The minimum absolute atomic E-state index is 0. The number of nitrogens with one attached hydrogen (secondary N) is 2. The Balaban J connectivity index is 0.000000206. The van der Waals surface area contributed by atoms with E-state index in [0.29, 0.717) is 98.4 Å². The van der Waals surface area contributed by atoms with Gasteiger partial charge in [-0.1, -0.05) is 86.7 Å². The zero-order valence-corrected chi connectivity index (χ0v) is 68.0. The molecular formula is C77H89Cl4N12O13W-. The molecule has 12 rings (SSSR count). The third-order valence-electron chi connectivity index (χ3n) is 17.2. The topological polar surface area (TPSA) is 295 Å². The minimum atomic E-state index is -1.02. The van der Waals surface area contributed by atoms with Crippen LogP contribution in [0.15, 0.2) is 143 Å². The molecule has 4 amide bonds. The summed E-state index contributed by atoms with van der Waals surface area (Å²) >= 11 is 24.3. The van der Waals surface area contributed by atoms with Crippen LogP contribution in [0.3, 0.4) is 0 Å². The van der Waals surface area contributed by atoms with Gasteiger partial charge in [-0.3, -0.25) is 38.6 Å². The molecule has 6 aliphatic rings. The number of anilines is 3. The van der Waals surface area contributed by atoms with Gasteiger partial charge in [-0.2, -0.15) is 0 Å². The predicted octanol–water partition coefficient (Wildman–Crippen LogP) is 14.2. The van der Waals surface area contributed by atoms with Gasteiger partial charge in [-0.25, -0.2) is 24.5 Å². The Morgan fingerprint density at radius 3 is 1.26 bits per heavy atom. The molecule has 3 fully saturated rings. The molecule has 570 valence electrons. The number of piperidine rings is 3. The first-order valence-electron chi connectivity index (χ1n) is 34.4. The molecule has 3 atom stereocenters. The number of halogens is 4. The fourth-order valence-corrected chi connectivity index (χ4v) is 12.4. The number of ketones is 3. The van der Waals surface area contributed by atoms with Crippen molar-refractivity contribution in [3.63, 3.8) is 0 Å². The Kier molecular flexibility index (Phi) is 29.1. The zero-order chi connectivity index (χ0) is 76.3. The van der Waals surface area contributed by atoms with E-state index in [1.807, 2.05) is 41.5 Å². The first-order valence-corrected chi connectivity index (χ1v) is 35.9. The zero-order valence-electron chi connectivity index (χ0n) is 62.0. The molecule has 0 radical (unpaired) electrons. The second-order valence-electron chi connectivity index (χ2n) is 29.1. The van der Waals surface area contributed by atoms with Crippen molar-refractivity contribution < 1.29 is 83.4 Å². The van der Waals surface area contributed by atoms with Crippen molar-refractivity contribution >= 4 is 128 Å². The predicted molar refractivity (Wildman–Crippen MR) is 409 cm³/mol. The molecule has 3 aromatic heterocycles. The van der Waals surface area contributed by atoms with E-state index < -0.39 is 39.3 Å². The second kappa shape index (κ2) is 36.5. The van der Waals surface area contributed by atoms with Crippen molar-refractivity contribution in [1.82, 2.24) is 30.1 Å². The molecule has 6 aromatic rings. The molecule has 6 aliphatic heterocycles. The SMILES string of the molecule is CC(C)(C)OC(=O)N1CCC[C@@H](N(C(=O)c2ccc(C3=NOC(C)(C)C3=O)cc2)c2ncccc2Cl)C1.CC(C)(C)OC(=O)N1CCC[C@@H](Nc2ncccc2Cl)C1.CC1(C)ON=C(c2ccc(C(=O)Cl)cc2)C1=O.CC1(C)ON=C(c2ccc(C(=O)N(c3ncccc3Cl)[C@@H]3CCCNC3)cc2)C1=O.[CH3-].[W]. The van der Waals surface area contributed by atoms with E-state index in [-0.39, 0.29) is 106 Å². The molecule has 0 saturated carbocycles. The average Bonchev–Trinajstić information content (AvgIpc) is 1.79. The van der Waals surface area contributed by atoms with Crippen LogP contribution >= 0.6 is 46.4 Å². The van der Waals surface area contributed by atoms with Gasteiger partial charge in [-0.05, 0) is 213 Å². The number of amides is 4. The largest absolute Gasteiger partial charge is 0.444 e. The van der Waals surface area contributed by atoms with Crippen molar-refractivity contribution in [1.29, 1.82) is 0 Å². The Hall–Kier alpha value is -8.71. The maximum absolute atomic E-state index is 13.9. The van der Waals surface area contributed by atoms with E-state index in [1.165, 1.54) is 0 Å². The number of benzene rings is 3. The van der Waals surface area contributed by atoms with Crippen LogP contribution in [0, 0.1) is 7.43 Å². The first kappa shape index (κ1) is 85.5. The standard InChI is InChI=1S/C27H31ClN4O5.C22H23ClN4O3.C15H22ClN3O2.C12H10ClNO3.CH3.W/c1-26(2,3)36-25(35)31-15-7-8-19(16-31)32(23-20(28)9-6-14-29-23)24(34)18-12-10-17(11-13-18)21-22(33)27(4,5)37-30-21;1-22(2)19(28)18(26-30-22)14-7-9-15(10-8-14)21(29)27(16-5-3-11-24-13-16)20-17(23)6-4-12-25-20;1-15(2,3)21-14(20)19-9-5-6-11(10-19)18-13-12(16)7-4-8-17-13;1-12(2)10(15)9(14-17-12)7-3-5-8(6-4-7)11(13)16;;/h6,9-14,19H,7-8,15-16H2,1-5H3;4,6-10,12,16,24H,3,5,11,13H2,1-2H3;4,7-8,11H,5-6,9-10H2,1-3H3,(H,17,18);3-6H,1-2H3;1H3;/q;;;;-1;/t19-;16-;11-;;;/m111.../s1. The summed E-state index contributed by atoms with van der Waals surface area (Å²) in [6, 6.07) is 29.9. The number of carbonyl (C=O) groups excluding carboxylic acids is 8. The molecule has 0 spiro atoms. The van der Waals surface area contributed by atoms with E-state index >= 15 is 0 Å². The summed E-state index contributed by atoms with van der Waals surface area (Å²) in [6.45, 7) is 24.8. The van der Waals surface area contributed by atoms with E-state index in [0.717, 1.165) is 38.8 Å². The number of rotatable bonds is 12. The van der Waals surface area contributed by atoms with Crippen LogP contribution in [0.5, 0.6) is 0 Å². The van der Waals surface area contributed by atoms with Crippen molar-refractivity contribution in [2.24, 2.45) is 15.5 Å². The second-order valence-corrected chi connectivity index (χ2v) is 30.6. The number of hydrogen-bond donors (Lipinski definition) is 2. The number of likely N-dealkylation sites (tertiary alicyclic amines) is 2. The Bertz CT molecular complexity index is 4310. The summed E-state index contributed by atoms with van der Waals surface area (Å²) < 4.78 is 11.0. The summed E-state index contributed by atoms with van der Waals surface area (Å²) in [5.41, 5.74) is -0.228. The number of nitrogens with zero attached hydrogens (tertiary/aromatic N) is 10. The third kappa shape index (κ3) is 22.0.